The van der Waals surface area contributed by atoms with Gasteiger partial charge < -0.3 is 15.0 Å². The number of aryl methyl sites for hydroxylation is 1. The largest absolute Gasteiger partial charge is 0.373 e. The number of amides is 1. The molecule has 0 bridgehead atoms. The average Bonchev–Trinajstić information content (AvgIpc) is 2.93. The van der Waals surface area contributed by atoms with Crippen LogP contribution in [0.2, 0.25) is 0 Å². The fourth-order valence-corrected chi connectivity index (χ4v) is 3.09. The lowest BCUT2D eigenvalue weighted by Gasteiger charge is -2.36. The Morgan fingerprint density at radius 3 is 2.91 bits per heavy atom. The molecule has 2 atom stereocenters. The van der Waals surface area contributed by atoms with Gasteiger partial charge in [-0.25, -0.2) is 0 Å². The first-order valence-electron chi connectivity index (χ1n) is 7.85. The van der Waals surface area contributed by atoms with Crippen LogP contribution in [-0.2, 0) is 16.1 Å². The second-order valence-electron chi connectivity index (χ2n) is 6.02. The molecule has 0 radical (unpaired) electrons. The van der Waals surface area contributed by atoms with E-state index >= 15 is 0 Å². The van der Waals surface area contributed by atoms with Crippen LogP contribution in [-0.4, -0.2) is 59.0 Å². The number of ether oxygens (including phenoxy) is 1. The molecular formula is C15H26Cl2N4O2. The van der Waals surface area contributed by atoms with Gasteiger partial charge in [-0.3, -0.25) is 9.48 Å². The van der Waals surface area contributed by atoms with Crippen molar-refractivity contribution in [2.24, 2.45) is 0 Å². The summed E-state index contributed by atoms with van der Waals surface area (Å²) in [5, 5.41) is 7.62. The van der Waals surface area contributed by atoms with Gasteiger partial charge in [0.25, 0.3) is 0 Å². The molecule has 2 aliphatic rings. The summed E-state index contributed by atoms with van der Waals surface area (Å²) in [6.45, 7) is 5.66. The lowest BCUT2D eigenvalue weighted by atomic mass is 10.0. The van der Waals surface area contributed by atoms with Crippen molar-refractivity contribution in [3.8, 4) is 0 Å². The van der Waals surface area contributed by atoms with E-state index in [1.165, 1.54) is 6.42 Å². The third kappa shape index (κ3) is 5.35. The monoisotopic (exact) mass is 364 g/mol. The lowest BCUT2D eigenvalue weighted by molar-refractivity contribution is -0.142. The Morgan fingerprint density at radius 2 is 2.26 bits per heavy atom. The molecule has 0 aliphatic carbocycles. The maximum Gasteiger partial charge on any atom is 0.239 e. The van der Waals surface area contributed by atoms with Crippen LogP contribution >= 0.6 is 24.8 Å². The second-order valence-corrected chi connectivity index (χ2v) is 6.02. The Bertz CT molecular complexity index is 492. The fourth-order valence-electron chi connectivity index (χ4n) is 3.09. The van der Waals surface area contributed by atoms with E-state index < -0.39 is 0 Å². The number of carbonyl (C=O) groups is 1. The van der Waals surface area contributed by atoms with Crippen LogP contribution < -0.4 is 5.32 Å². The standard InChI is InChI=1S/C15H24N4O2.2ClH/c1-12-8-17-19(9-12)11-13-10-18(6-7-21-13)15(20)14-4-2-3-5-16-14;;/h8-9,13-14,16H,2-7,10-11H2,1H3;2*1H/t13?,14-;;/m1../s1. The number of aromatic nitrogens is 2. The molecule has 3 heterocycles. The zero-order valence-electron chi connectivity index (χ0n) is 13.4. The van der Waals surface area contributed by atoms with Gasteiger partial charge in [0.2, 0.25) is 5.91 Å². The van der Waals surface area contributed by atoms with Crippen LogP contribution in [0.15, 0.2) is 12.4 Å². The molecule has 23 heavy (non-hydrogen) atoms. The minimum Gasteiger partial charge on any atom is -0.373 e. The minimum absolute atomic E-state index is 0. The van der Waals surface area contributed by atoms with E-state index in [-0.39, 0.29) is 42.9 Å². The van der Waals surface area contributed by atoms with E-state index in [2.05, 4.69) is 10.4 Å². The van der Waals surface area contributed by atoms with Gasteiger partial charge in [-0.2, -0.15) is 5.10 Å². The molecule has 1 amide bonds. The molecule has 8 heteroatoms. The van der Waals surface area contributed by atoms with Gasteiger partial charge in [-0.1, -0.05) is 6.42 Å². The van der Waals surface area contributed by atoms with Crippen LogP contribution in [0.5, 0.6) is 0 Å². The van der Waals surface area contributed by atoms with Gasteiger partial charge in [0.1, 0.15) is 0 Å². The number of carbonyl (C=O) groups excluding carboxylic acids is 1. The van der Waals surface area contributed by atoms with Crippen molar-refractivity contribution >= 4 is 30.7 Å². The quantitative estimate of drug-likeness (QED) is 0.880. The highest BCUT2D eigenvalue weighted by molar-refractivity contribution is 5.85. The summed E-state index contributed by atoms with van der Waals surface area (Å²) in [7, 11) is 0. The molecule has 132 valence electrons. The molecule has 0 aromatic carbocycles. The topological polar surface area (TPSA) is 59.4 Å². The summed E-state index contributed by atoms with van der Waals surface area (Å²) < 4.78 is 7.68. The third-order valence-corrected chi connectivity index (χ3v) is 4.21. The number of nitrogens with one attached hydrogen (secondary N) is 1. The van der Waals surface area contributed by atoms with E-state index in [9.17, 15) is 4.79 Å². The Morgan fingerprint density at radius 1 is 1.43 bits per heavy atom. The number of halogens is 2. The van der Waals surface area contributed by atoms with Gasteiger partial charge in [0, 0.05) is 19.3 Å². The summed E-state index contributed by atoms with van der Waals surface area (Å²) in [5.41, 5.74) is 1.14. The van der Waals surface area contributed by atoms with Crippen molar-refractivity contribution in [2.45, 2.75) is 44.9 Å². The molecule has 0 saturated carbocycles. The molecule has 1 aromatic heterocycles. The number of hydrogen-bond donors (Lipinski definition) is 1. The molecule has 1 unspecified atom stereocenters. The van der Waals surface area contributed by atoms with Crippen molar-refractivity contribution in [3.05, 3.63) is 18.0 Å². The molecule has 1 aromatic rings. The van der Waals surface area contributed by atoms with Gasteiger partial charge in [-0.05, 0) is 31.9 Å². The van der Waals surface area contributed by atoms with Crippen molar-refractivity contribution in [3.63, 3.8) is 0 Å². The van der Waals surface area contributed by atoms with Gasteiger partial charge in [0.15, 0.2) is 0 Å². The maximum absolute atomic E-state index is 12.5. The number of morpholine rings is 1. The van der Waals surface area contributed by atoms with Crippen molar-refractivity contribution in [1.82, 2.24) is 20.0 Å². The predicted molar refractivity (Wildman–Crippen MR) is 93.4 cm³/mol. The van der Waals surface area contributed by atoms with Crippen molar-refractivity contribution in [2.75, 3.05) is 26.2 Å². The van der Waals surface area contributed by atoms with Crippen LogP contribution in [0.1, 0.15) is 24.8 Å². The zero-order chi connectivity index (χ0) is 14.7. The highest BCUT2D eigenvalue weighted by Gasteiger charge is 2.30. The van der Waals surface area contributed by atoms with Crippen molar-refractivity contribution in [1.29, 1.82) is 0 Å². The summed E-state index contributed by atoms with van der Waals surface area (Å²) in [6.07, 6.45) is 7.16. The van der Waals surface area contributed by atoms with Crippen LogP contribution in [0.25, 0.3) is 0 Å². The first kappa shape index (κ1) is 20.2. The molecule has 6 nitrogen and oxygen atoms in total. The van der Waals surface area contributed by atoms with E-state index in [0.29, 0.717) is 26.2 Å². The molecule has 3 rings (SSSR count). The summed E-state index contributed by atoms with van der Waals surface area (Å²) in [5.74, 6) is 0.236. The summed E-state index contributed by atoms with van der Waals surface area (Å²) >= 11 is 0. The Balaban J connectivity index is 0.00000132. The van der Waals surface area contributed by atoms with E-state index in [0.717, 1.165) is 24.9 Å². The maximum atomic E-state index is 12.5. The van der Waals surface area contributed by atoms with Crippen LogP contribution in [0.3, 0.4) is 0 Å². The highest BCUT2D eigenvalue weighted by Crippen LogP contribution is 2.14. The number of rotatable bonds is 3. The van der Waals surface area contributed by atoms with E-state index in [1.807, 2.05) is 28.9 Å². The summed E-state index contributed by atoms with van der Waals surface area (Å²) in [4.78, 5) is 14.5. The highest BCUT2D eigenvalue weighted by atomic mass is 35.5. The minimum atomic E-state index is 0. The molecule has 1 N–H and O–H groups in total. The number of piperidine rings is 1. The molecule has 2 fully saturated rings. The molecule has 0 spiro atoms. The fraction of sp³-hybridized carbons (Fsp3) is 0.733. The Hall–Kier alpha value is -0.820. The second kappa shape index (κ2) is 9.47. The first-order valence-corrected chi connectivity index (χ1v) is 7.85. The lowest BCUT2D eigenvalue weighted by Crippen LogP contribution is -2.54. The third-order valence-electron chi connectivity index (χ3n) is 4.21. The SMILES string of the molecule is Cc1cnn(CC2CN(C(=O)[C@H]3CCCCN3)CCO2)c1.Cl.Cl. The van der Waals surface area contributed by atoms with E-state index in [1.54, 1.807) is 0 Å². The zero-order valence-corrected chi connectivity index (χ0v) is 15.1. The van der Waals surface area contributed by atoms with Gasteiger partial charge >= 0.3 is 0 Å². The molecular weight excluding hydrogens is 339 g/mol. The number of nitrogens with zero attached hydrogens (tertiary/aromatic N) is 3. The molecule has 2 aliphatic heterocycles. The smallest absolute Gasteiger partial charge is 0.239 e. The summed E-state index contributed by atoms with van der Waals surface area (Å²) in [6, 6.07) is 0.00412. The van der Waals surface area contributed by atoms with Crippen LogP contribution in [0, 0.1) is 6.92 Å². The Labute approximate surface area is 149 Å². The normalized spacial score (nSPS) is 24.5. The Kier molecular flexibility index (Phi) is 8.33. The van der Waals surface area contributed by atoms with E-state index in [4.69, 9.17) is 4.74 Å². The number of hydrogen-bond acceptors (Lipinski definition) is 4. The van der Waals surface area contributed by atoms with Crippen LogP contribution in [0.4, 0.5) is 0 Å². The van der Waals surface area contributed by atoms with Gasteiger partial charge in [0.05, 0.1) is 31.5 Å². The van der Waals surface area contributed by atoms with Gasteiger partial charge in [-0.15, -0.1) is 24.8 Å². The molecule has 2 saturated heterocycles. The first-order chi connectivity index (χ1) is 10.2. The van der Waals surface area contributed by atoms with Crippen molar-refractivity contribution < 1.29 is 9.53 Å². The predicted octanol–water partition coefficient (Wildman–Crippen LogP) is 1.40. The average molecular weight is 365 g/mol.